The SMILES string of the molecule is CCCc1cc(=O)[nH]c(Sc2c(N)c(C)nn2C)n1. The number of H-pyrrole nitrogens is 1. The molecule has 6 nitrogen and oxygen atoms in total. The number of aromatic amines is 1. The lowest BCUT2D eigenvalue weighted by atomic mass is 10.2. The molecular formula is C12H17N5OS. The van der Waals surface area contributed by atoms with Crippen LogP contribution in [-0.4, -0.2) is 19.7 Å². The van der Waals surface area contributed by atoms with E-state index in [0.29, 0.717) is 10.8 Å². The van der Waals surface area contributed by atoms with Crippen LogP contribution in [0, 0.1) is 6.92 Å². The van der Waals surface area contributed by atoms with Gasteiger partial charge >= 0.3 is 0 Å². The summed E-state index contributed by atoms with van der Waals surface area (Å²) in [6.45, 7) is 3.90. The third-order valence-corrected chi connectivity index (χ3v) is 3.75. The van der Waals surface area contributed by atoms with E-state index in [9.17, 15) is 4.79 Å². The van der Waals surface area contributed by atoms with E-state index in [2.05, 4.69) is 22.0 Å². The summed E-state index contributed by atoms with van der Waals surface area (Å²) in [6, 6.07) is 1.53. The van der Waals surface area contributed by atoms with Crippen molar-refractivity contribution in [2.24, 2.45) is 7.05 Å². The summed E-state index contributed by atoms with van der Waals surface area (Å²) in [7, 11) is 1.82. The third-order valence-electron chi connectivity index (χ3n) is 2.69. The molecule has 0 saturated carbocycles. The van der Waals surface area contributed by atoms with E-state index < -0.39 is 0 Å². The smallest absolute Gasteiger partial charge is 0.251 e. The van der Waals surface area contributed by atoms with Gasteiger partial charge in [0.2, 0.25) is 0 Å². The first-order chi connectivity index (χ1) is 9.01. The molecule has 0 saturated heterocycles. The summed E-state index contributed by atoms with van der Waals surface area (Å²) >= 11 is 1.32. The molecule has 3 N–H and O–H groups in total. The molecule has 0 fully saturated rings. The number of nitrogens with one attached hydrogen (secondary N) is 1. The van der Waals surface area contributed by atoms with Gasteiger partial charge < -0.3 is 10.7 Å². The minimum atomic E-state index is -0.140. The highest BCUT2D eigenvalue weighted by molar-refractivity contribution is 7.99. The molecule has 2 aromatic heterocycles. The molecule has 7 heteroatoms. The molecular weight excluding hydrogens is 262 g/mol. The van der Waals surface area contributed by atoms with E-state index in [4.69, 9.17) is 5.73 Å². The number of nitrogens with two attached hydrogens (primary N) is 1. The van der Waals surface area contributed by atoms with Gasteiger partial charge in [-0.25, -0.2) is 4.98 Å². The molecule has 0 radical (unpaired) electrons. The van der Waals surface area contributed by atoms with Crippen molar-refractivity contribution in [3.63, 3.8) is 0 Å². The zero-order chi connectivity index (χ0) is 14.0. The first kappa shape index (κ1) is 13.7. The molecule has 0 amide bonds. The number of hydrogen-bond acceptors (Lipinski definition) is 5. The van der Waals surface area contributed by atoms with Gasteiger partial charge in [-0.3, -0.25) is 9.48 Å². The van der Waals surface area contributed by atoms with E-state index >= 15 is 0 Å². The summed E-state index contributed by atoms with van der Waals surface area (Å²) in [4.78, 5) is 18.7. The van der Waals surface area contributed by atoms with Crippen molar-refractivity contribution in [1.29, 1.82) is 0 Å². The van der Waals surface area contributed by atoms with Crippen molar-refractivity contribution in [2.75, 3.05) is 5.73 Å². The van der Waals surface area contributed by atoms with Crippen molar-refractivity contribution in [3.8, 4) is 0 Å². The van der Waals surface area contributed by atoms with Crippen LogP contribution in [0.1, 0.15) is 24.7 Å². The molecule has 0 unspecified atom stereocenters. The van der Waals surface area contributed by atoms with Gasteiger partial charge in [-0.05, 0) is 25.1 Å². The van der Waals surface area contributed by atoms with Gasteiger partial charge in [0.15, 0.2) is 5.16 Å². The Balaban J connectivity index is 2.35. The van der Waals surface area contributed by atoms with Crippen LogP contribution >= 0.6 is 11.8 Å². The highest BCUT2D eigenvalue weighted by Crippen LogP contribution is 2.30. The van der Waals surface area contributed by atoms with E-state index in [1.165, 1.54) is 17.8 Å². The van der Waals surface area contributed by atoms with Gasteiger partial charge in [-0.2, -0.15) is 5.10 Å². The highest BCUT2D eigenvalue weighted by Gasteiger charge is 2.13. The zero-order valence-electron chi connectivity index (χ0n) is 11.2. The number of aromatic nitrogens is 4. The largest absolute Gasteiger partial charge is 0.395 e. The summed E-state index contributed by atoms with van der Waals surface area (Å²) in [5.41, 5.74) is 8.02. The summed E-state index contributed by atoms with van der Waals surface area (Å²) in [5, 5.41) is 5.57. The predicted octanol–water partition coefficient (Wildman–Crippen LogP) is 1.50. The minimum absolute atomic E-state index is 0.140. The summed E-state index contributed by atoms with van der Waals surface area (Å²) < 4.78 is 1.70. The Morgan fingerprint density at radius 3 is 2.84 bits per heavy atom. The highest BCUT2D eigenvalue weighted by atomic mass is 32.2. The fourth-order valence-corrected chi connectivity index (χ4v) is 2.71. The molecule has 0 aliphatic rings. The second-order valence-corrected chi connectivity index (χ2v) is 5.30. The van der Waals surface area contributed by atoms with E-state index in [1.807, 2.05) is 14.0 Å². The molecule has 2 rings (SSSR count). The average Bonchev–Trinajstić information content (AvgIpc) is 2.56. The maximum absolute atomic E-state index is 11.6. The standard InChI is InChI=1S/C12H17N5OS/c1-4-5-8-6-9(18)15-12(14-8)19-11-10(13)7(2)16-17(11)3/h6H,4-5,13H2,1-3H3,(H,14,15,18). The van der Waals surface area contributed by atoms with Crippen molar-refractivity contribution >= 4 is 17.4 Å². The van der Waals surface area contributed by atoms with Crippen molar-refractivity contribution < 1.29 is 0 Å². The van der Waals surface area contributed by atoms with E-state index in [-0.39, 0.29) is 5.56 Å². The van der Waals surface area contributed by atoms with Crippen LogP contribution in [0.4, 0.5) is 5.69 Å². The molecule has 0 atom stereocenters. The number of anilines is 1. The lowest BCUT2D eigenvalue weighted by Gasteiger charge is -2.04. The number of aryl methyl sites for hydroxylation is 3. The summed E-state index contributed by atoms with van der Waals surface area (Å²) in [6.07, 6.45) is 1.74. The first-order valence-corrected chi connectivity index (χ1v) is 6.90. The van der Waals surface area contributed by atoms with Crippen LogP contribution in [0.15, 0.2) is 21.0 Å². The molecule has 2 heterocycles. The Morgan fingerprint density at radius 2 is 2.26 bits per heavy atom. The monoisotopic (exact) mass is 279 g/mol. The average molecular weight is 279 g/mol. The van der Waals surface area contributed by atoms with Crippen molar-refractivity contribution in [1.82, 2.24) is 19.7 Å². The molecule has 0 spiro atoms. The van der Waals surface area contributed by atoms with Crippen LogP contribution in [0.25, 0.3) is 0 Å². The van der Waals surface area contributed by atoms with Crippen LogP contribution in [0.3, 0.4) is 0 Å². The number of nitrogens with zero attached hydrogens (tertiary/aromatic N) is 3. The van der Waals surface area contributed by atoms with E-state index in [0.717, 1.165) is 29.3 Å². The van der Waals surface area contributed by atoms with Crippen LogP contribution in [0.2, 0.25) is 0 Å². The van der Waals surface area contributed by atoms with E-state index in [1.54, 1.807) is 4.68 Å². The normalized spacial score (nSPS) is 10.9. The van der Waals surface area contributed by atoms with Gasteiger partial charge in [0.05, 0.1) is 11.4 Å². The molecule has 0 aliphatic heterocycles. The minimum Gasteiger partial charge on any atom is -0.395 e. The van der Waals surface area contributed by atoms with Crippen molar-refractivity contribution in [2.45, 2.75) is 36.9 Å². The number of nitrogen functional groups attached to an aromatic ring is 1. The summed E-state index contributed by atoms with van der Waals surface area (Å²) in [5.74, 6) is 0. The van der Waals surface area contributed by atoms with Crippen LogP contribution in [0.5, 0.6) is 0 Å². The predicted molar refractivity (Wildman–Crippen MR) is 75.3 cm³/mol. The first-order valence-electron chi connectivity index (χ1n) is 6.08. The molecule has 19 heavy (non-hydrogen) atoms. The molecule has 2 aromatic rings. The Labute approximate surface area is 115 Å². The molecule has 102 valence electrons. The molecule has 0 aliphatic carbocycles. The number of rotatable bonds is 4. The fraction of sp³-hybridized carbons (Fsp3) is 0.417. The van der Waals surface area contributed by atoms with Gasteiger partial charge in [-0.15, -0.1) is 0 Å². The quantitative estimate of drug-likeness (QED) is 0.828. The Bertz CT molecular complexity index is 646. The van der Waals surface area contributed by atoms with Gasteiger partial charge in [0, 0.05) is 18.8 Å². The Hall–Kier alpha value is -1.76. The Morgan fingerprint density at radius 1 is 1.53 bits per heavy atom. The van der Waals surface area contributed by atoms with Gasteiger partial charge in [0.25, 0.3) is 5.56 Å². The molecule has 0 aromatic carbocycles. The third kappa shape index (κ3) is 2.98. The Kier molecular flexibility index (Phi) is 3.94. The lowest BCUT2D eigenvalue weighted by molar-refractivity contribution is 0.691. The number of hydrogen-bond donors (Lipinski definition) is 2. The van der Waals surface area contributed by atoms with Gasteiger partial charge in [-0.1, -0.05) is 13.3 Å². The molecule has 0 bridgehead atoms. The zero-order valence-corrected chi connectivity index (χ0v) is 12.0. The second kappa shape index (κ2) is 5.48. The second-order valence-electron chi connectivity index (χ2n) is 4.32. The topological polar surface area (TPSA) is 89.6 Å². The van der Waals surface area contributed by atoms with Crippen LogP contribution in [-0.2, 0) is 13.5 Å². The van der Waals surface area contributed by atoms with Crippen LogP contribution < -0.4 is 11.3 Å². The maximum Gasteiger partial charge on any atom is 0.251 e. The maximum atomic E-state index is 11.6. The fourth-order valence-electron chi connectivity index (χ4n) is 1.78. The van der Waals surface area contributed by atoms with Crippen molar-refractivity contribution in [3.05, 3.63) is 27.8 Å². The lowest BCUT2D eigenvalue weighted by Crippen LogP contribution is -2.10. The van der Waals surface area contributed by atoms with Gasteiger partial charge in [0.1, 0.15) is 5.03 Å².